The van der Waals surface area contributed by atoms with E-state index in [0.29, 0.717) is 38.3 Å². The summed E-state index contributed by atoms with van der Waals surface area (Å²) in [6.07, 6.45) is 5.24. The zero-order chi connectivity index (χ0) is 18.9. The molecule has 7 heteroatoms. The molecule has 7 nitrogen and oxygen atoms in total. The van der Waals surface area contributed by atoms with Gasteiger partial charge in [0, 0.05) is 45.5 Å². The molecule has 0 radical (unpaired) electrons. The van der Waals surface area contributed by atoms with Gasteiger partial charge in [-0.05, 0) is 25.8 Å². The van der Waals surface area contributed by atoms with E-state index in [0.717, 1.165) is 31.6 Å². The third kappa shape index (κ3) is 5.09. The standard InChI is InChI=1S/C19H30N4O3/c1-4-7-21(8-5-2)17-13-16(14-20-15-17)18(24)22-9-11-23(12-10-22)19(25)26-6-3/h13-15H,4-12H2,1-3H3. The predicted molar refractivity (Wildman–Crippen MR) is 102 cm³/mol. The molecule has 0 aromatic carbocycles. The summed E-state index contributed by atoms with van der Waals surface area (Å²) in [7, 11) is 0. The number of hydrogen-bond acceptors (Lipinski definition) is 5. The molecule has 0 bridgehead atoms. The molecule has 0 N–H and O–H groups in total. The quantitative estimate of drug-likeness (QED) is 0.746. The van der Waals surface area contributed by atoms with Crippen LogP contribution in [0.15, 0.2) is 18.5 Å². The van der Waals surface area contributed by atoms with Gasteiger partial charge in [0.15, 0.2) is 0 Å². The van der Waals surface area contributed by atoms with Crippen molar-refractivity contribution >= 4 is 17.7 Å². The van der Waals surface area contributed by atoms with Gasteiger partial charge in [-0.25, -0.2) is 4.79 Å². The summed E-state index contributed by atoms with van der Waals surface area (Å²) in [5, 5.41) is 0. The van der Waals surface area contributed by atoms with E-state index in [-0.39, 0.29) is 12.0 Å². The highest BCUT2D eigenvalue weighted by Crippen LogP contribution is 2.17. The third-order valence-corrected chi connectivity index (χ3v) is 4.42. The van der Waals surface area contributed by atoms with Crippen LogP contribution >= 0.6 is 0 Å². The first-order chi connectivity index (χ1) is 12.6. The van der Waals surface area contributed by atoms with E-state index < -0.39 is 0 Å². The highest BCUT2D eigenvalue weighted by atomic mass is 16.6. The molecule has 1 aliphatic heterocycles. The van der Waals surface area contributed by atoms with Gasteiger partial charge >= 0.3 is 6.09 Å². The van der Waals surface area contributed by atoms with Crippen LogP contribution in [-0.2, 0) is 4.74 Å². The van der Waals surface area contributed by atoms with E-state index in [1.807, 2.05) is 12.3 Å². The van der Waals surface area contributed by atoms with Crippen molar-refractivity contribution in [3.8, 4) is 0 Å². The van der Waals surface area contributed by atoms with E-state index in [2.05, 4.69) is 23.7 Å². The van der Waals surface area contributed by atoms with E-state index >= 15 is 0 Å². The lowest BCUT2D eigenvalue weighted by Gasteiger charge is -2.34. The summed E-state index contributed by atoms with van der Waals surface area (Å²) in [6, 6.07) is 1.93. The maximum atomic E-state index is 12.8. The normalized spacial score (nSPS) is 14.3. The van der Waals surface area contributed by atoms with E-state index in [4.69, 9.17) is 4.74 Å². The van der Waals surface area contributed by atoms with E-state index in [9.17, 15) is 9.59 Å². The van der Waals surface area contributed by atoms with Crippen LogP contribution in [0.2, 0.25) is 0 Å². The van der Waals surface area contributed by atoms with Gasteiger partial charge in [0.25, 0.3) is 5.91 Å². The number of ether oxygens (including phenoxy) is 1. The molecule has 1 aromatic rings. The number of carbonyl (C=O) groups excluding carboxylic acids is 2. The van der Waals surface area contributed by atoms with Gasteiger partial charge in [-0.15, -0.1) is 0 Å². The van der Waals surface area contributed by atoms with Crippen LogP contribution < -0.4 is 4.90 Å². The number of rotatable bonds is 7. The average molecular weight is 362 g/mol. The topological polar surface area (TPSA) is 66.0 Å². The third-order valence-electron chi connectivity index (χ3n) is 4.42. The molecule has 2 amide bonds. The van der Waals surface area contributed by atoms with Crippen molar-refractivity contribution in [1.82, 2.24) is 14.8 Å². The van der Waals surface area contributed by atoms with Gasteiger partial charge in [0.1, 0.15) is 0 Å². The Morgan fingerprint density at radius 1 is 1.04 bits per heavy atom. The first kappa shape index (κ1) is 20.0. The second-order valence-corrected chi connectivity index (χ2v) is 6.40. The molecule has 0 aliphatic carbocycles. The Morgan fingerprint density at radius 2 is 1.65 bits per heavy atom. The van der Waals surface area contributed by atoms with E-state index in [1.165, 1.54) is 0 Å². The van der Waals surface area contributed by atoms with Crippen molar-refractivity contribution in [3.05, 3.63) is 24.0 Å². The molecular weight excluding hydrogens is 332 g/mol. The monoisotopic (exact) mass is 362 g/mol. The Balaban J connectivity index is 2.02. The minimum Gasteiger partial charge on any atom is -0.450 e. The SMILES string of the molecule is CCCN(CCC)c1cncc(C(=O)N2CCN(C(=O)OCC)CC2)c1. The van der Waals surface area contributed by atoms with Crippen LogP contribution in [0.5, 0.6) is 0 Å². The molecule has 1 fully saturated rings. The lowest BCUT2D eigenvalue weighted by molar-refractivity contribution is 0.0570. The molecule has 0 atom stereocenters. The van der Waals surface area contributed by atoms with Crippen molar-refractivity contribution in [2.45, 2.75) is 33.6 Å². The van der Waals surface area contributed by atoms with Crippen LogP contribution in [-0.4, -0.2) is 72.7 Å². The molecule has 1 aromatic heterocycles. The summed E-state index contributed by atoms with van der Waals surface area (Å²) in [5.74, 6) is -0.0317. The first-order valence-corrected chi connectivity index (χ1v) is 9.51. The minimum absolute atomic E-state index is 0.0317. The number of carbonyl (C=O) groups is 2. The summed E-state index contributed by atoms with van der Waals surface area (Å²) in [6.45, 7) is 10.4. The maximum Gasteiger partial charge on any atom is 0.409 e. The molecule has 144 valence electrons. The van der Waals surface area contributed by atoms with Crippen LogP contribution in [0.1, 0.15) is 44.0 Å². The number of hydrogen-bond donors (Lipinski definition) is 0. The van der Waals surface area contributed by atoms with Crippen molar-refractivity contribution in [2.24, 2.45) is 0 Å². The number of aromatic nitrogens is 1. The molecule has 1 saturated heterocycles. The van der Waals surface area contributed by atoms with Gasteiger partial charge in [-0.2, -0.15) is 0 Å². The molecule has 26 heavy (non-hydrogen) atoms. The summed E-state index contributed by atoms with van der Waals surface area (Å²) in [5.41, 5.74) is 1.59. The number of pyridine rings is 1. The second-order valence-electron chi connectivity index (χ2n) is 6.40. The van der Waals surface area contributed by atoms with Crippen molar-refractivity contribution in [1.29, 1.82) is 0 Å². The lowest BCUT2D eigenvalue weighted by atomic mass is 10.2. The molecule has 0 spiro atoms. The summed E-state index contributed by atoms with van der Waals surface area (Å²) >= 11 is 0. The Labute approximate surface area is 155 Å². The molecule has 1 aliphatic rings. The zero-order valence-corrected chi connectivity index (χ0v) is 16.1. The molecule has 0 unspecified atom stereocenters. The minimum atomic E-state index is -0.307. The van der Waals surface area contributed by atoms with Gasteiger partial charge in [-0.3, -0.25) is 9.78 Å². The van der Waals surface area contributed by atoms with Gasteiger partial charge in [0.2, 0.25) is 0 Å². The number of anilines is 1. The average Bonchev–Trinajstić information content (AvgIpc) is 2.67. The van der Waals surface area contributed by atoms with Gasteiger partial charge in [-0.1, -0.05) is 13.8 Å². The van der Waals surface area contributed by atoms with Crippen LogP contribution in [0, 0.1) is 0 Å². The highest BCUT2D eigenvalue weighted by molar-refractivity contribution is 5.95. The van der Waals surface area contributed by atoms with Crippen molar-refractivity contribution in [3.63, 3.8) is 0 Å². The molecular formula is C19H30N4O3. The zero-order valence-electron chi connectivity index (χ0n) is 16.1. The fourth-order valence-electron chi connectivity index (χ4n) is 3.12. The number of nitrogens with zero attached hydrogens (tertiary/aromatic N) is 4. The molecule has 2 heterocycles. The largest absolute Gasteiger partial charge is 0.450 e. The number of amides is 2. The fourth-order valence-corrected chi connectivity index (χ4v) is 3.12. The van der Waals surface area contributed by atoms with Crippen molar-refractivity contribution in [2.75, 3.05) is 50.8 Å². The molecule has 0 saturated carbocycles. The number of piperazine rings is 1. The predicted octanol–water partition coefficient (Wildman–Crippen LogP) is 2.62. The lowest BCUT2D eigenvalue weighted by Crippen LogP contribution is -2.50. The molecule has 2 rings (SSSR count). The fraction of sp³-hybridized carbons (Fsp3) is 0.632. The van der Waals surface area contributed by atoms with Gasteiger partial charge in [0.05, 0.1) is 24.1 Å². The first-order valence-electron chi connectivity index (χ1n) is 9.51. The summed E-state index contributed by atoms with van der Waals surface area (Å²) < 4.78 is 5.02. The van der Waals surface area contributed by atoms with Crippen molar-refractivity contribution < 1.29 is 14.3 Å². The van der Waals surface area contributed by atoms with Crippen LogP contribution in [0.25, 0.3) is 0 Å². The Hall–Kier alpha value is -2.31. The van der Waals surface area contributed by atoms with Crippen LogP contribution in [0.4, 0.5) is 10.5 Å². The highest BCUT2D eigenvalue weighted by Gasteiger charge is 2.26. The van der Waals surface area contributed by atoms with E-state index in [1.54, 1.807) is 22.9 Å². The maximum absolute atomic E-state index is 12.8. The second kappa shape index (κ2) is 9.99. The smallest absolute Gasteiger partial charge is 0.409 e. The van der Waals surface area contributed by atoms with Gasteiger partial charge < -0.3 is 19.4 Å². The Kier molecular flexibility index (Phi) is 7.69. The van der Waals surface area contributed by atoms with Crippen LogP contribution in [0.3, 0.4) is 0 Å². The Morgan fingerprint density at radius 3 is 2.23 bits per heavy atom. The Bertz CT molecular complexity index is 594. The summed E-state index contributed by atoms with van der Waals surface area (Å²) in [4.78, 5) is 34.6.